The van der Waals surface area contributed by atoms with Crippen molar-refractivity contribution in [1.29, 1.82) is 0 Å². The van der Waals surface area contributed by atoms with E-state index in [1.54, 1.807) is 12.4 Å². The van der Waals surface area contributed by atoms with Gasteiger partial charge in [-0.05, 0) is 36.5 Å². The first-order valence-corrected chi connectivity index (χ1v) is 8.18. The third-order valence-electron chi connectivity index (χ3n) is 4.53. The van der Waals surface area contributed by atoms with Crippen LogP contribution in [-0.2, 0) is 6.42 Å². The first-order chi connectivity index (χ1) is 11.8. The van der Waals surface area contributed by atoms with Crippen molar-refractivity contribution in [2.24, 2.45) is 5.92 Å². The molecule has 0 N–H and O–H groups in total. The fourth-order valence-electron chi connectivity index (χ4n) is 3.32. The molecule has 0 spiro atoms. The molecule has 5 heteroatoms. The van der Waals surface area contributed by atoms with Gasteiger partial charge in [-0.15, -0.1) is 0 Å². The maximum atomic E-state index is 12.4. The summed E-state index contributed by atoms with van der Waals surface area (Å²) in [6.45, 7) is 1.54. The Balaban J connectivity index is 1.44. The number of para-hydroxylation sites is 1. The number of nitrogens with zero attached hydrogens (tertiary/aromatic N) is 4. The lowest BCUT2D eigenvalue weighted by atomic mass is 9.99. The number of hydrogen-bond acceptors (Lipinski definition) is 4. The molecule has 1 aliphatic rings. The van der Waals surface area contributed by atoms with Gasteiger partial charge in [0.2, 0.25) is 0 Å². The van der Waals surface area contributed by atoms with Gasteiger partial charge in [-0.1, -0.05) is 18.2 Å². The van der Waals surface area contributed by atoms with Crippen LogP contribution in [0.1, 0.15) is 22.5 Å². The number of hydrogen-bond donors (Lipinski definition) is 0. The molecule has 5 nitrogen and oxygen atoms in total. The molecule has 0 saturated carbocycles. The van der Waals surface area contributed by atoms with Crippen LogP contribution in [0.25, 0.3) is 10.9 Å². The van der Waals surface area contributed by atoms with E-state index >= 15 is 0 Å². The number of pyridine rings is 1. The van der Waals surface area contributed by atoms with Crippen LogP contribution < -0.4 is 0 Å². The molecule has 1 aliphatic heterocycles. The van der Waals surface area contributed by atoms with Crippen LogP contribution in [0.15, 0.2) is 55.1 Å². The average Bonchev–Trinajstić information content (AvgIpc) is 3.10. The third kappa shape index (κ3) is 2.97. The van der Waals surface area contributed by atoms with Crippen LogP contribution >= 0.6 is 0 Å². The molecule has 0 radical (unpaired) electrons. The Labute approximate surface area is 140 Å². The summed E-state index contributed by atoms with van der Waals surface area (Å²) in [6, 6.07) is 10.3. The molecular formula is C19H18N4O. The highest BCUT2D eigenvalue weighted by molar-refractivity contribution is 5.92. The Morgan fingerprint density at radius 2 is 2.08 bits per heavy atom. The van der Waals surface area contributed by atoms with Gasteiger partial charge >= 0.3 is 0 Å². The summed E-state index contributed by atoms with van der Waals surface area (Å²) in [5, 5.41) is 1.17. The minimum absolute atomic E-state index is 0.0257. The van der Waals surface area contributed by atoms with E-state index in [-0.39, 0.29) is 5.91 Å². The van der Waals surface area contributed by atoms with Gasteiger partial charge in [-0.2, -0.15) is 0 Å². The molecule has 1 saturated heterocycles. The largest absolute Gasteiger partial charge is 0.337 e. The molecule has 0 unspecified atom stereocenters. The number of benzene rings is 1. The Morgan fingerprint density at radius 1 is 1.17 bits per heavy atom. The SMILES string of the molecule is O=C(c1cnccn1)N1CC[C@@H](Cc2cnc3ccccc3c2)C1. The first-order valence-electron chi connectivity index (χ1n) is 8.18. The monoisotopic (exact) mass is 318 g/mol. The highest BCUT2D eigenvalue weighted by Crippen LogP contribution is 2.23. The summed E-state index contributed by atoms with van der Waals surface area (Å²) < 4.78 is 0. The van der Waals surface area contributed by atoms with Crippen molar-refractivity contribution < 1.29 is 4.79 Å². The Morgan fingerprint density at radius 3 is 2.96 bits per heavy atom. The van der Waals surface area contributed by atoms with E-state index in [9.17, 15) is 4.79 Å². The molecule has 3 aromatic rings. The molecule has 24 heavy (non-hydrogen) atoms. The number of fused-ring (bicyclic) bond motifs is 1. The van der Waals surface area contributed by atoms with Crippen molar-refractivity contribution in [2.45, 2.75) is 12.8 Å². The van der Waals surface area contributed by atoms with Gasteiger partial charge in [-0.3, -0.25) is 14.8 Å². The third-order valence-corrected chi connectivity index (χ3v) is 4.53. The number of rotatable bonds is 3. The van der Waals surface area contributed by atoms with E-state index in [1.807, 2.05) is 29.3 Å². The molecule has 1 aromatic carbocycles. The number of amides is 1. The summed E-state index contributed by atoms with van der Waals surface area (Å²) in [6.07, 6.45) is 8.58. The zero-order valence-electron chi connectivity index (χ0n) is 13.3. The van der Waals surface area contributed by atoms with Crippen molar-refractivity contribution in [1.82, 2.24) is 19.9 Å². The molecular weight excluding hydrogens is 300 g/mol. The molecule has 2 aromatic heterocycles. The highest BCUT2D eigenvalue weighted by atomic mass is 16.2. The lowest BCUT2D eigenvalue weighted by Gasteiger charge is -2.16. The van der Waals surface area contributed by atoms with Gasteiger partial charge in [0.15, 0.2) is 0 Å². The summed E-state index contributed by atoms with van der Waals surface area (Å²) in [7, 11) is 0. The quantitative estimate of drug-likeness (QED) is 0.745. The van der Waals surface area contributed by atoms with Gasteiger partial charge in [0, 0.05) is 37.1 Å². The van der Waals surface area contributed by atoms with E-state index < -0.39 is 0 Å². The lowest BCUT2D eigenvalue weighted by Crippen LogP contribution is -2.29. The zero-order chi connectivity index (χ0) is 16.4. The van der Waals surface area contributed by atoms with Crippen LogP contribution in [0.4, 0.5) is 0 Å². The minimum Gasteiger partial charge on any atom is -0.337 e. The van der Waals surface area contributed by atoms with Gasteiger partial charge in [0.1, 0.15) is 5.69 Å². The number of likely N-dealkylation sites (tertiary alicyclic amines) is 1. The number of aromatic nitrogens is 3. The second kappa shape index (κ2) is 6.35. The van der Waals surface area contributed by atoms with Crippen LogP contribution in [0.3, 0.4) is 0 Å². The standard InChI is InChI=1S/C19H18N4O/c24-19(18-12-20-6-7-21-18)23-8-5-14(13-23)9-15-10-16-3-1-2-4-17(16)22-11-15/h1-4,6-7,10-12,14H,5,8-9,13H2/t14-/m0/s1. The first kappa shape index (κ1) is 14.8. The predicted octanol–water partition coefficient (Wildman–Crippen LogP) is 2.73. The summed E-state index contributed by atoms with van der Waals surface area (Å²) in [5.74, 6) is 0.441. The second-order valence-corrected chi connectivity index (χ2v) is 6.24. The zero-order valence-corrected chi connectivity index (χ0v) is 13.3. The molecule has 0 aliphatic carbocycles. The maximum Gasteiger partial charge on any atom is 0.274 e. The van der Waals surface area contributed by atoms with Crippen molar-refractivity contribution in [3.63, 3.8) is 0 Å². The van der Waals surface area contributed by atoms with E-state index in [4.69, 9.17) is 0 Å². The normalized spacial score (nSPS) is 17.3. The summed E-state index contributed by atoms with van der Waals surface area (Å²) in [4.78, 5) is 26.9. The lowest BCUT2D eigenvalue weighted by molar-refractivity contribution is 0.0781. The minimum atomic E-state index is -0.0257. The molecule has 4 rings (SSSR count). The number of carbonyl (C=O) groups is 1. The van der Waals surface area contributed by atoms with E-state index in [0.29, 0.717) is 11.6 Å². The Kier molecular flexibility index (Phi) is 3.91. The van der Waals surface area contributed by atoms with Crippen molar-refractivity contribution in [3.8, 4) is 0 Å². The Bertz CT molecular complexity index is 865. The van der Waals surface area contributed by atoms with Crippen LogP contribution in [0.2, 0.25) is 0 Å². The van der Waals surface area contributed by atoms with Gasteiger partial charge < -0.3 is 4.90 Å². The maximum absolute atomic E-state index is 12.4. The van der Waals surface area contributed by atoms with Gasteiger partial charge in [0.25, 0.3) is 5.91 Å². The van der Waals surface area contributed by atoms with Gasteiger partial charge in [0.05, 0.1) is 11.7 Å². The summed E-state index contributed by atoms with van der Waals surface area (Å²) in [5.41, 5.74) is 2.67. The number of carbonyl (C=O) groups excluding carboxylic acids is 1. The van der Waals surface area contributed by atoms with Crippen LogP contribution in [0.5, 0.6) is 0 Å². The smallest absolute Gasteiger partial charge is 0.274 e. The predicted molar refractivity (Wildman–Crippen MR) is 91.5 cm³/mol. The van der Waals surface area contributed by atoms with E-state index in [0.717, 1.165) is 31.4 Å². The average molecular weight is 318 g/mol. The van der Waals surface area contributed by atoms with E-state index in [1.165, 1.54) is 17.1 Å². The molecule has 120 valence electrons. The summed E-state index contributed by atoms with van der Waals surface area (Å²) >= 11 is 0. The van der Waals surface area contributed by atoms with Crippen LogP contribution in [-0.4, -0.2) is 38.8 Å². The molecule has 3 heterocycles. The fourth-order valence-corrected chi connectivity index (χ4v) is 3.32. The molecule has 1 fully saturated rings. The van der Waals surface area contributed by atoms with Crippen molar-refractivity contribution in [2.75, 3.05) is 13.1 Å². The second-order valence-electron chi connectivity index (χ2n) is 6.24. The molecule has 0 bridgehead atoms. The topological polar surface area (TPSA) is 59.0 Å². The van der Waals surface area contributed by atoms with Crippen LogP contribution in [0, 0.1) is 5.92 Å². The van der Waals surface area contributed by atoms with E-state index in [2.05, 4.69) is 27.1 Å². The van der Waals surface area contributed by atoms with Gasteiger partial charge in [-0.25, -0.2) is 4.98 Å². The highest BCUT2D eigenvalue weighted by Gasteiger charge is 2.27. The van der Waals surface area contributed by atoms with Crippen molar-refractivity contribution in [3.05, 3.63) is 66.4 Å². The van der Waals surface area contributed by atoms with Crippen molar-refractivity contribution >= 4 is 16.8 Å². The fraction of sp³-hybridized carbons (Fsp3) is 0.263. The molecule has 1 amide bonds. The molecule has 1 atom stereocenters. The Hall–Kier alpha value is -2.82.